The summed E-state index contributed by atoms with van der Waals surface area (Å²) in [6.45, 7) is 13.2. The Balaban J connectivity index is 2.47. The van der Waals surface area contributed by atoms with Crippen LogP contribution in [0.3, 0.4) is 0 Å². The van der Waals surface area contributed by atoms with Crippen molar-refractivity contribution < 1.29 is 4.79 Å². The quantitative estimate of drug-likeness (QED) is 0.172. The molecule has 8 heteroatoms. The van der Waals surface area contributed by atoms with Gasteiger partial charge in [-0.15, -0.1) is 5.10 Å². The molecule has 0 aromatic heterocycles. The Bertz CT molecular complexity index is 1300. The second-order valence-electron chi connectivity index (χ2n) is 8.95. The van der Waals surface area contributed by atoms with Gasteiger partial charge in [0.2, 0.25) is 5.91 Å². The minimum absolute atomic E-state index is 0.194. The van der Waals surface area contributed by atoms with Gasteiger partial charge in [0.25, 0.3) is 0 Å². The van der Waals surface area contributed by atoms with Crippen LogP contribution in [-0.4, -0.2) is 42.3 Å². The number of aliphatic imine (C=N–C) groups is 1. The molecule has 38 heavy (non-hydrogen) atoms. The number of nitrogens with zero attached hydrogens (tertiary/aromatic N) is 5. The van der Waals surface area contributed by atoms with E-state index in [-0.39, 0.29) is 11.8 Å². The molecule has 0 bridgehead atoms. The third kappa shape index (κ3) is 8.15. The number of carbonyl (C=O) groups excluding carboxylic acids is 1. The van der Waals surface area contributed by atoms with Crippen LogP contribution in [0.1, 0.15) is 43.4 Å². The van der Waals surface area contributed by atoms with Gasteiger partial charge in [-0.1, -0.05) is 86.8 Å². The zero-order chi connectivity index (χ0) is 28.1. The number of allylic oxidation sites excluding steroid dienone is 3. The van der Waals surface area contributed by atoms with E-state index in [1.807, 2.05) is 93.7 Å². The lowest BCUT2D eigenvalue weighted by molar-refractivity contribution is -0.128. The van der Waals surface area contributed by atoms with Crippen molar-refractivity contribution in [3.05, 3.63) is 102 Å². The number of benzene rings is 2. The first-order valence-corrected chi connectivity index (χ1v) is 13.1. The minimum Gasteiger partial charge on any atom is -0.342 e. The van der Waals surface area contributed by atoms with E-state index in [1.54, 1.807) is 24.5 Å². The van der Waals surface area contributed by atoms with Gasteiger partial charge in [-0.3, -0.25) is 4.79 Å². The molecule has 1 N–H and O–H groups in total. The zero-order valence-electron chi connectivity index (χ0n) is 22.5. The molecule has 1 atom stereocenters. The van der Waals surface area contributed by atoms with Gasteiger partial charge in [0.15, 0.2) is 5.17 Å². The van der Waals surface area contributed by atoms with Crippen molar-refractivity contribution in [3.8, 4) is 6.07 Å². The van der Waals surface area contributed by atoms with Gasteiger partial charge in [0.05, 0.1) is 29.1 Å². The molecule has 7 nitrogen and oxygen atoms in total. The van der Waals surface area contributed by atoms with Crippen LogP contribution in [0.15, 0.2) is 100 Å². The summed E-state index contributed by atoms with van der Waals surface area (Å²) in [5, 5.41) is 19.9. The molecule has 0 fully saturated rings. The van der Waals surface area contributed by atoms with Crippen molar-refractivity contribution in [1.82, 2.24) is 10.2 Å². The Morgan fingerprint density at radius 3 is 2.53 bits per heavy atom. The summed E-state index contributed by atoms with van der Waals surface area (Å²) in [6.07, 6.45) is 9.37. The molecular formula is C30H34N6OS. The Morgan fingerprint density at radius 1 is 1.21 bits per heavy atom. The number of amidine groups is 1. The van der Waals surface area contributed by atoms with Gasteiger partial charge < -0.3 is 10.2 Å². The predicted octanol–water partition coefficient (Wildman–Crippen LogP) is 6.21. The van der Waals surface area contributed by atoms with E-state index < -0.39 is 5.41 Å². The van der Waals surface area contributed by atoms with E-state index in [0.717, 1.165) is 16.7 Å². The number of thioether (sulfide) groups is 1. The monoisotopic (exact) mass is 526 g/mol. The van der Waals surface area contributed by atoms with E-state index in [2.05, 4.69) is 39.9 Å². The van der Waals surface area contributed by atoms with E-state index in [9.17, 15) is 4.79 Å². The summed E-state index contributed by atoms with van der Waals surface area (Å²) >= 11 is 1.29. The maximum atomic E-state index is 13.5. The average molecular weight is 527 g/mol. The molecule has 0 saturated carbocycles. The topological polar surface area (TPSA) is 93.2 Å². The summed E-state index contributed by atoms with van der Waals surface area (Å²) in [5.41, 5.74) is 2.88. The van der Waals surface area contributed by atoms with Gasteiger partial charge in [0, 0.05) is 31.4 Å². The van der Waals surface area contributed by atoms with Crippen molar-refractivity contribution in [1.29, 1.82) is 5.26 Å². The molecule has 2 aromatic rings. The number of rotatable bonds is 10. The van der Waals surface area contributed by atoms with Crippen LogP contribution >= 0.6 is 11.8 Å². The summed E-state index contributed by atoms with van der Waals surface area (Å²) < 4.78 is 0. The van der Waals surface area contributed by atoms with Gasteiger partial charge in [-0.25, -0.2) is 4.99 Å². The number of carbonyl (C=O) groups is 1. The maximum Gasteiger partial charge on any atom is 0.232 e. The van der Waals surface area contributed by atoms with Crippen molar-refractivity contribution in [3.63, 3.8) is 0 Å². The lowest BCUT2D eigenvalue weighted by atomic mass is 9.70. The molecule has 1 unspecified atom stereocenters. The number of hydrogen-bond acceptors (Lipinski definition) is 6. The van der Waals surface area contributed by atoms with Crippen LogP contribution in [0.2, 0.25) is 0 Å². The van der Waals surface area contributed by atoms with Gasteiger partial charge in [-0.05, 0) is 36.4 Å². The van der Waals surface area contributed by atoms with Crippen molar-refractivity contribution in [2.24, 2.45) is 20.6 Å². The second kappa shape index (κ2) is 14.5. The lowest BCUT2D eigenvalue weighted by Crippen LogP contribution is -2.43. The van der Waals surface area contributed by atoms with Gasteiger partial charge in [0.1, 0.15) is 0 Å². The third-order valence-corrected chi connectivity index (χ3v) is 6.35. The average Bonchev–Trinajstić information content (AvgIpc) is 2.92. The van der Waals surface area contributed by atoms with Crippen LogP contribution in [0, 0.1) is 16.7 Å². The van der Waals surface area contributed by atoms with Crippen LogP contribution in [0.4, 0.5) is 0 Å². The van der Waals surface area contributed by atoms with E-state index in [4.69, 9.17) is 5.26 Å². The van der Waals surface area contributed by atoms with Crippen molar-refractivity contribution >= 4 is 41.6 Å². The molecule has 0 radical (unpaired) electrons. The second-order valence-corrected chi connectivity index (χ2v) is 9.74. The fourth-order valence-electron chi connectivity index (χ4n) is 3.92. The minimum atomic E-state index is -0.871. The SMILES string of the molecule is C=N/N=C(/NC(=O)C(C)(C)C(C(/C=C\C)=C/N(C)/C=N\C(=C)c1cccc(C#N)c1)c1ccccc1)SC. The lowest BCUT2D eigenvalue weighted by Gasteiger charge is -2.35. The molecule has 0 saturated heterocycles. The Labute approximate surface area is 230 Å². The molecule has 0 spiro atoms. The van der Waals surface area contributed by atoms with E-state index >= 15 is 0 Å². The van der Waals surface area contributed by atoms with E-state index in [0.29, 0.717) is 16.4 Å². The highest BCUT2D eigenvalue weighted by Gasteiger charge is 2.40. The summed E-state index contributed by atoms with van der Waals surface area (Å²) in [6, 6.07) is 19.2. The number of nitriles is 1. The standard InChI is InChI=1S/C30H34N6OS/c1-8-13-26(20-36(6)21-33-22(2)25-17-12-14-23(18-25)19-31)27(24-15-10-9-11-16-24)30(3,4)28(37)34-29(38-7)35-32-5/h8-18,20-21,27H,2,5H2,1,3-4,6-7H3,(H,34,35,37)/b13-8-,26-20+,33-21-. The van der Waals surface area contributed by atoms with Crippen LogP contribution in [0.25, 0.3) is 5.70 Å². The fraction of sp³-hybridized carbons (Fsp3) is 0.233. The molecule has 196 valence electrons. The Kier molecular flexibility index (Phi) is 11.5. The van der Waals surface area contributed by atoms with Gasteiger partial charge >= 0.3 is 0 Å². The molecule has 0 aliphatic rings. The number of nitrogens with one attached hydrogen (secondary N) is 1. The summed E-state index contributed by atoms with van der Waals surface area (Å²) in [7, 11) is 1.87. The van der Waals surface area contributed by atoms with Crippen LogP contribution in [0.5, 0.6) is 0 Å². The molecule has 0 aliphatic carbocycles. The van der Waals surface area contributed by atoms with Crippen molar-refractivity contribution in [2.45, 2.75) is 26.7 Å². The number of amides is 1. The summed E-state index contributed by atoms with van der Waals surface area (Å²) in [4.78, 5) is 19.9. The van der Waals surface area contributed by atoms with Crippen LogP contribution in [-0.2, 0) is 4.79 Å². The highest BCUT2D eigenvalue weighted by Crippen LogP contribution is 2.42. The molecule has 2 aromatic carbocycles. The summed E-state index contributed by atoms with van der Waals surface area (Å²) in [5.74, 6) is -0.494. The Hall–Kier alpha value is -4.22. The van der Waals surface area contributed by atoms with Crippen LogP contribution < -0.4 is 5.32 Å². The predicted molar refractivity (Wildman–Crippen MR) is 161 cm³/mol. The van der Waals surface area contributed by atoms with E-state index in [1.165, 1.54) is 11.8 Å². The zero-order valence-corrected chi connectivity index (χ0v) is 23.4. The van der Waals surface area contributed by atoms with Crippen molar-refractivity contribution in [2.75, 3.05) is 13.3 Å². The molecule has 2 rings (SSSR count). The first-order valence-electron chi connectivity index (χ1n) is 11.9. The largest absolute Gasteiger partial charge is 0.342 e. The normalized spacial score (nSPS) is 13.3. The molecule has 0 aliphatic heterocycles. The highest BCUT2D eigenvalue weighted by atomic mass is 32.2. The first-order chi connectivity index (χ1) is 18.2. The molecular weight excluding hydrogens is 492 g/mol. The smallest absolute Gasteiger partial charge is 0.232 e. The first kappa shape index (κ1) is 30.0. The number of hydrogen-bond donors (Lipinski definition) is 1. The Morgan fingerprint density at radius 2 is 1.92 bits per heavy atom. The third-order valence-electron chi connectivity index (χ3n) is 5.78. The fourth-order valence-corrected chi connectivity index (χ4v) is 4.25. The molecule has 1 amide bonds. The maximum absolute atomic E-state index is 13.5. The molecule has 0 heterocycles. The highest BCUT2D eigenvalue weighted by molar-refractivity contribution is 8.13. The van der Waals surface area contributed by atoms with Gasteiger partial charge in [-0.2, -0.15) is 10.4 Å².